The lowest BCUT2D eigenvalue weighted by Crippen LogP contribution is -2.43. The van der Waals surface area contributed by atoms with E-state index in [2.05, 4.69) is 20.6 Å². The van der Waals surface area contributed by atoms with Crippen LogP contribution in [0.5, 0.6) is 5.75 Å². The van der Waals surface area contributed by atoms with E-state index in [0.29, 0.717) is 18.5 Å². The summed E-state index contributed by atoms with van der Waals surface area (Å²) in [7, 11) is 0. The van der Waals surface area contributed by atoms with E-state index in [4.69, 9.17) is 5.10 Å². The molecule has 28 heavy (non-hydrogen) atoms. The van der Waals surface area contributed by atoms with Crippen LogP contribution < -0.4 is 10.6 Å². The molecule has 146 valence electrons. The number of aromatic nitrogens is 4. The topological polar surface area (TPSA) is 108 Å². The van der Waals surface area contributed by atoms with Gasteiger partial charge in [-0.3, -0.25) is 4.68 Å². The van der Waals surface area contributed by atoms with Crippen LogP contribution in [0.25, 0.3) is 22.5 Å². The van der Waals surface area contributed by atoms with Gasteiger partial charge in [-0.25, -0.2) is 9.97 Å². The van der Waals surface area contributed by atoms with Gasteiger partial charge in [0.05, 0.1) is 17.8 Å². The van der Waals surface area contributed by atoms with E-state index in [1.165, 1.54) is 0 Å². The fourth-order valence-electron chi connectivity index (χ4n) is 3.17. The average molecular weight is 380 g/mol. The van der Waals surface area contributed by atoms with Crippen LogP contribution in [0.1, 0.15) is 18.5 Å². The highest BCUT2D eigenvalue weighted by Crippen LogP contribution is 2.34. The quantitative estimate of drug-likeness (QED) is 0.518. The number of rotatable bonds is 6. The molecule has 1 atom stereocenters. The molecule has 1 aliphatic rings. The van der Waals surface area contributed by atoms with E-state index in [1.54, 1.807) is 25.3 Å². The van der Waals surface area contributed by atoms with E-state index < -0.39 is 6.10 Å². The van der Waals surface area contributed by atoms with Crippen molar-refractivity contribution in [3.8, 4) is 28.3 Å². The maximum absolute atomic E-state index is 10.1. The molecule has 2 aromatic heterocycles. The second-order valence-electron chi connectivity index (χ2n) is 7.24. The number of aliphatic hydroxyl groups is 1. The smallest absolute Gasteiger partial charge is 0.223 e. The molecular formula is C20H24N6O2. The summed E-state index contributed by atoms with van der Waals surface area (Å²) >= 11 is 0. The number of benzene rings is 1. The molecule has 0 bridgehead atoms. The standard InChI is InChI=1S/C20H24N6O2/c1-12-5-14(7-16(28)6-12)19-17(11-26(25-19)15-9-21-10-15)18-3-4-22-20(24-18)23-8-13(2)27/h3-7,11,13,15,21,27-28H,8-10H2,1-2H3,(H,22,23,24). The van der Waals surface area contributed by atoms with Crippen molar-refractivity contribution in [3.05, 3.63) is 42.2 Å². The van der Waals surface area contributed by atoms with Crippen LogP contribution >= 0.6 is 0 Å². The maximum atomic E-state index is 10.1. The van der Waals surface area contributed by atoms with Crippen LogP contribution in [0.2, 0.25) is 0 Å². The van der Waals surface area contributed by atoms with Gasteiger partial charge in [0.25, 0.3) is 0 Å². The Kier molecular flexibility index (Phi) is 4.97. The zero-order valence-corrected chi connectivity index (χ0v) is 15.9. The Morgan fingerprint density at radius 2 is 2.14 bits per heavy atom. The molecule has 0 spiro atoms. The Bertz CT molecular complexity index is 960. The number of nitrogens with one attached hydrogen (secondary N) is 2. The van der Waals surface area contributed by atoms with Crippen molar-refractivity contribution < 1.29 is 10.2 Å². The highest BCUT2D eigenvalue weighted by Gasteiger charge is 2.23. The van der Waals surface area contributed by atoms with Gasteiger partial charge in [0, 0.05) is 43.2 Å². The lowest BCUT2D eigenvalue weighted by atomic mass is 10.0. The molecule has 0 amide bonds. The normalized spacial score (nSPS) is 15.2. The first-order valence-corrected chi connectivity index (χ1v) is 9.36. The highest BCUT2D eigenvalue weighted by molar-refractivity contribution is 5.79. The maximum Gasteiger partial charge on any atom is 0.223 e. The monoisotopic (exact) mass is 380 g/mol. The molecule has 0 aliphatic carbocycles. The fraction of sp³-hybridized carbons (Fsp3) is 0.350. The van der Waals surface area contributed by atoms with E-state index >= 15 is 0 Å². The Balaban J connectivity index is 1.77. The number of anilines is 1. The number of aromatic hydroxyl groups is 1. The third kappa shape index (κ3) is 3.83. The zero-order chi connectivity index (χ0) is 19.7. The summed E-state index contributed by atoms with van der Waals surface area (Å²) in [5.74, 6) is 0.664. The van der Waals surface area contributed by atoms with Crippen LogP contribution in [-0.4, -0.2) is 55.7 Å². The summed E-state index contributed by atoms with van der Waals surface area (Å²) in [6, 6.07) is 7.59. The molecule has 1 aromatic carbocycles. The Morgan fingerprint density at radius 1 is 1.32 bits per heavy atom. The summed E-state index contributed by atoms with van der Waals surface area (Å²) in [6.45, 7) is 5.78. The summed E-state index contributed by atoms with van der Waals surface area (Å²) < 4.78 is 1.96. The highest BCUT2D eigenvalue weighted by atomic mass is 16.3. The molecule has 8 nitrogen and oxygen atoms in total. The molecule has 0 radical (unpaired) electrons. The molecule has 1 unspecified atom stereocenters. The summed E-state index contributed by atoms with van der Waals surface area (Å²) in [4.78, 5) is 8.82. The van der Waals surface area contributed by atoms with Gasteiger partial charge >= 0.3 is 0 Å². The van der Waals surface area contributed by atoms with Crippen LogP contribution in [0.3, 0.4) is 0 Å². The van der Waals surface area contributed by atoms with E-state index in [1.807, 2.05) is 29.9 Å². The molecule has 8 heteroatoms. The van der Waals surface area contributed by atoms with Crippen molar-refractivity contribution in [1.29, 1.82) is 0 Å². The molecule has 1 saturated heterocycles. The van der Waals surface area contributed by atoms with Crippen molar-refractivity contribution in [3.63, 3.8) is 0 Å². The fourth-order valence-corrected chi connectivity index (χ4v) is 3.17. The van der Waals surface area contributed by atoms with E-state index in [0.717, 1.165) is 41.2 Å². The predicted octanol–water partition coefficient (Wildman–Crippen LogP) is 1.96. The minimum absolute atomic E-state index is 0.211. The number of phenolic OH excluding ortho intramolecular Hbond substituents is 1. The second-order valence-corrected chi connectivity index (χ2v) is 7.24. The number of aliphatic hydroxyl groups excluding tert-OH is 1. The van der Waals surface area contributed by atoms with Crippen molar-refractivity contribution in [2.75, 3.05) is 25.0 Å². The first kappa shape index (κ1) is 18.4. The van der Waals surface area contributed by atoms with Gasteiger partial charge in [-0.1, -0.05) is 0 Å². The lowest BCUT2D eigenvalue weighted by Gasteiger charge is -2.27. The van der Waals surface area contributed by atoms with Gasteiger partial charge in [0.2, 0.25) is 5.95 Å². The van der Waals surface area contributed by atoms with Gasteiger partial charge in [-0.15, -0.1) is 0 Å². The van der Waals surface area contributed by atoms with Crippen LogP contribution in [0.15, 0.2) is 36.7 Å². The molecule has 4 rings (SSSR count). The third-order valence-corrected chi connectivity index (χ3v) is 4.69. The van der Waals surface area contributed by atoms with Crippen LogP contribution in [0, 0.1) is 6.92 Å². The van der Waals surface area contributed by atoms with Crippen LogP contribution in [0.4, 0.5) is 5.95 Å². The SMILES string of the molecule is Cc1cc(O)cc(-c2nn(C3CNC3)cc2-c2ccnc(NCC(C)O)n2)c1. The van der Waals surface area contributed by atoms with Crippen molar-refractivity contribution in [1.82, 2.24) is 25.1 Å². The first-order valence-electron chi connectivity index (χ1n) is 9.36. The lowest BCUT2D eigenvalue weighted by molar-refractivity contribution is 0.208. The minimum Gasteiger partial charge on any atom is -0.508 e. The molecule has 4 N–H and O–H groups in total. The molecule has 1 aliphatic heterocycles. The van der Waals surface area contributed by atoms with Crippen molar-refractivity contribution in [2.45, 2.75) is 26.0 Å². The number of hydrogen-bond acceptors (Lipinski definition) is 7. The van der Waals surface area contributed by atoms with Crippen molar-refractivity contribution in [2.24, 2.45) is 0 Å². The Hall–Kier alpha value is -2.97. The van der Waals surface area contributed by atoms with Gasteiger partial charge < -0.3 is 20.8 Å². The Labute approximate surface area is 163 Å². The van der Waals surface area contributed by atoms with Crippen molar-refractivity contribution >= 4 is 5.95 Å². The van der Waals surface area contributed by atoms with Gasteiger partial charge in [0.15, 0.2) is 0 Å². The molecule has 1 fully saturated rings. The second kappa shape index (κ2) is 7.57. The van der Waals surface area contributed by atoms with Gasteiger partial charge in [-0.05, 0) is 43.7 Å². The van der Waals surface area contributed by atoms with E-state index in [-0.39, 0.29) is 5.75 Å². The summed E-state index contributed by atoms with van der Waals surface area (Å²) in [5, 5.41) is 30.6. The van der Waals surface area contributed by atoms with E-state index in [9.17, 15) is 10.2 Å². The van der Waals surface area contributed by atoms with Gasteiger partial charge in [0.1, 0.15) is 11.4 Å². The minimum atomic E-state index is -0.494. The molecule has 3 heterocycles. The van der Waals surface area contributed by atoms with Crippen LogP contribution in [-0.2, 0) is 0 Å². The Morgan fingerprint density at radius 3 is 2.82 bits per heavy atom. The number of hydrogen-bond donors (Lipinski definition) is 4. The number of nitrogens with zero attached hydrogens (tertiary/aromatic N) is 4. The molecule has 3 aromatic rings. The first-order chi connectivity index (χ1) is 13.5. The summed E-state index contributed by atoms with van der Waals surface area (Å²) in [6.07, 6.45) is 3.19. The largest absolute Gasteiger partial charge is 0.508 e. The third-order valence-electron chi connectivity index (χ3n) is 4.69. The summed E-state index contributed by atoms with van der Waals surface area (Å²) in [5.41, 5.74) is 4.18. The molecule has 0 saturated carbocycles. The predicted molar refractivity (Wildman–Crippen MR) is 107 cm³/mol. The molecular weight excluding hydrogens is 356 g/mol. The zero-order valence-electron chi connectivity index (χ0n) is 15.9. The number of phenols is 1. The number of aryl methyl sites for hydroxylation is 1. The van der Waals surface area contributed by atoms with Gasteiger partial charge in [-0.2, -0.15) is 5.10 Å². The average Bonchev–Trinajstić information content (AvgIpc) is 3.02.